The average molecular weight is 617 g/mol. The monoisotopic (exact) mass is 616 g/mol. The molecule has 0 saturated carbocycles. The van der Waals surface area contributed by atoms with Gasteiger partial charge in [-0.05, 0) is 80.6 Å². The Morgan fingerprint density at radius 2 is 1.87 bits per heavy atom. The fourth-order valence-electron chi connectivity index (χ4n) is 5.04. The summed E-state index contributed by atoms with van der Waals surface area (Å²) in [7, 11) is 1.66. The van der Waals surface area contributed by atoms with Gasteiger partial charge in [0.1, 0.15) is 12.4 Å². The molecule has 11 nitrogen and oxygen atoms in total. The molecule has 11 heteroatoms. The van der Waals surface area contributed by atoms with Gasteiger partial charge in [-0.1, -0.05) is 6.92 Å². The van der Waals surface area contributed by atoms with Crippen LogP contribution in [0.25, 0.3) is 16.9 Å². The molecule has 0 fully saturated rings. The number of aryl methyl sites for hydroxylation is 2. The smallest absolute Gasteiger partial charge is 0.251 e. The number of anilines is 2. The summed E-state index contributed by atoms with van der Waals surface area (Å²) in [6, 6.07) is 11.6. The van der Waals surface area contributed by atoms with Crippen LogP contribution in [0.1, 0.15) is 47.7 Å². The van der Waals surface area contributed by atoms with Crippen LogP contribution in [-0.4, -0.2) is 72.7 Å². The third-order valence-corrected chi connectivity index (χ3v) is 7.55. The summed E-state index contributed by atoms with van der Waals surface area (Å²) in [6.07, 6.45) is 7.56. The molecular weight excluding hydrogens is 572 g/mol. The molecule has 4 N–H and O–H groups in total. The fourth-order valence-corrected chi connectivity index (χ4v) is 5.04. The van der Waals surface area contributed by atoms with E-state index in [-0.39, 0.29) is 30.8 Å². The lowest BCUT2D eigenvalue weighted by Crippen LogP contribution is -2.29. The first kappa shape index (κ1) is 33.6. The van der Waals surface area contributed by atoms with E-state index in [0.29, 0.717) is 56.2 Å². The third kappa shape index (κ3) is 8.87. The number of hydrogen-bond donors (Lipinski definition) is 3. The number of fused-ring (bicyclic) bond motifs is 1. The Balaban J connectivity index is 1.27. The highest BCUT2D eigenvalue weighted by Crippen LogP contribution is 2.29. The number of imidazole rings is 1. The van der Waals surface area contributed by atoms with Crippen molar-refractivity contribution < 1.29 is 23.8 Å². The Kier molecular flexibility index (Phi) is 12.4. The van der Waals surface area contributed by atoms with Gasteiger partial charge in [0.15, 0.2) is 17.2 Å². The number of nitrogens with one attached hydrogen (secondary N) is 2. The maximum Gasteiger partial charge on any atom is 0.251 e. The predicted molar refractivity (Wildman–Crippen MR) is 175 cm³/mol. The van der Waals surface area contributed by atoms with Gasteiger partial charge >= 0.3 is 0 Å². The first-order valence-electron chi connectivity index (χ1n) is 15.4. The lowest BCUT2D eigenvalue weighted by Gasteiger charge is -2.14. The summed E-state index contributed by atoms with van der Waals surface area (Å²) in [5, 5.41) is 6.28. The molecule has 0 bridgehead atoms. The van der Waals surface area contributed by atoms with Crippen LogP contribution in [0.15, 0.2) is 55.0 Å². The fraction of sp³-hybridized carbons (Fsp3) is 0.412. The molecule has 0 aliphatic heterocycles. The van der Waals surface area contributed by atoms with Gasteiger partial charge in [0.2, 0.25) is 0 Å². The quantitative estimate of drug-likeness (QED) is 0.134. The normalized spacial score (nSPS) is 11.8. The molecule has 1 amide bonds. The van der Waals surface area contributed by atoms with Gasteiger partial charge in [-0.15, -0.1) is 0 Å². The number of hydrogen-bond acceptors (Lipinski definition) is 9. The Morgan fingerprint density at radius 3 is 2.60 bits per heavy atom. The summed E-state index contributed by atoms with van der Waals surface area (Å²) < 4.78 is 18.4. The molecule has 240 valence electrons. The van der Waals surface area contributed by atoms with Crippen molar-refractivity contribution in [3.63, 3.8) is 0 Å². The first-order chi connectivity index (χ1) is 21.9. The maximum atomic E-state index is 12.8. The van der Waals surface area contributed by atoms with E-state index < -0.39 is 0 Å². The third-order valence-electron chi connectivity index (χ3n) is 7.55. The highest BCUT2D eigenvalue weighted by atomic mass is 16.5. The molecule has 1 atom stereocenters. The second-order valence-corrected chi connectivity index (χ2v) is 10.9. The highest BCUT2D eigenvalue weighted by molar-refractivity contribution is 5.96. The van der Waals surface area contributed by atoms with Crippen molar-refractivity contribution in [2.45, 2.75) is 40.0 Å². The number of Topliss-reactive ketones (excluding diaryl/α,β-unsaturated/α-hetero) is 1. The van der Waals surface area contributed by atoms with Crippen LogP contribution in [0.3, 0.4) is 0 Å². The molecule has 2 aromatic heterocycles. The summed E-state index contributed by atoms with van der Waals surface area (Å²) in [5.74, 6) is 0.997. The SMILES string of the molecule is CCCOCCC(CN)C(=O)COCCCNC(=O)c1ccc(Nc2nccn3c(-c4ccc(OC)c(C)c4)cnc23)cc1C. The zero-order valence-corrected chi connectivity index (χ0v) is 26.6. The average Bonchev–Trinajstić information content (AvgIpc) is 3.48. The van der Waals surface area contributed by atoms with Gasteiger partial charge in [-0.3, -0.25) is 14.0 Å². The van der Waals surface area contributed by atoms with Gasteiger partial charge in [0.25, 0.3) is 5.91 Å². The van der Waals surface area contributed by atoms with Gasteiger partial charge in [0.05, 0.1) is 19.0 Å². The van der Waals surface area contributed by atoms with E-state index in [1.54, 1.807) is 19.4 Å². The van der Waals surface area contributed by atoms with Gasteiger partial charge in [0, 0.05) is 68.0 Å². The van der Waals surface area contributed by atoms with E-state index in [4.69, 9.17) is 19.9 Å². The minimum atomic E-state index is -0.258. The number of rotatable bonds is 18. The van der Waals surface area contributed by atoms with Crippen LogP contribution < -0.4 is 21.1 Å². The van der Waals surface area contributed by atoms with Crippen LogP contribution in [0.5, 0.6) is 5.75 Å². The predicted octanol–water partition coefficient (Wildman–Crippen LogP) is 4.86. The number of nitrogens with zero attached hydrogens (tertiary/aromatic N) is 3. The standard InChI is InChI=1S/C34H44N6O5/c1-5-15-44-17-11-26(20-35)30(41)22-45-16-6-12-37-34(42)28-9-8-27(19-23(28)2)39-32-33-38-21-29(40(33)14-13-36-32)25-7-10-31(43-4)24(3)18-25/h7-10,13-14,18-19,21,26H,5-6,11-12,15-17,20,22,35H2,1-4H3,(H,36,39)(H,37,42). The molecule has 1 unspecified atom stereocenters. The van der Waals surface area contributed by atoms with Crippen molar-refractivity contribution >= 4 is 28.8 Å². The summed E-state index contributed by atoms with van der Waals surface area (Å²) in [5.41, 5.74) is 11.6. The van der Waals surface area contributed by atoms with E-state index in [1.165, 1.54) is 0 Å². The molecule has 4 aromatic rings. The Morgan fingerprint density at radius 1 is 1.02 bits per heavy atom. The molecule has 45 heavy (non-hydrogen) atoms. The molecule has 2 heterocycles. The number of amides is 1. The van der Waals surface area contributed by atoms with Gasteiger partial charge in [-0.2, -0.15) is 0 Å². The minimum Gasteiger partial charge on any atom is -0.496 e. The molecule has 0 aliphatic carbocycles. The zero-order chi connectivity index (χ0) is 32.2. The number of methoxy groups -OCH3 is 1. The number of nitrogens with two attached hydrogens (primary N) is 1. The van der Waals surface area contributed by atoms with Gasteiger partial charge < -0.3 is 30.6 Å². The second-order valence-electron chi connectivity index (χ2n) is 10.9. The van der Waals surface area contributed by atoms with Crippen LogP contribution in [-0.2, 0) is 14.3 Å². The largest absolute Gasteiger partial charge is 0.496 e. The maximum absolute atomic E-state index is 12.8. The van der Waals surface area contributed by atoms with Crippen LogP contribution in [0.2, 0.25) is 0 Å². The molecule has 2 aromatic carbocycles. The summed E-state index contributed by atoms with van der Waals surface area (Å²) in [4.78, 5) is 34.3. The van der Waals surface area contributed by atoms with Crippen molar-refractivity contribution in [2.75, 3.05) is 51.9 Å². The molecule has 0 saturated heterocycles. The molecular formula is C34H44N6O5. The lowest BCUT2D eigenvalue weighted by atomic mass is 10.0. The Bertz CT molecular complexity index is 1590. The topological polar surface area (TPSA) is 142 Å². The van der Waals surface area contributed by atoms with Crippen LogP contribution in [0, 0.1) is 19.8 Å². The number of carbonyl (C=O) groups is 2. The highest BCUT2D eigenvalue weighted by Gasteiger charge is 2.17. The Hall–Kier alpha value is -4.32. The molecule has 0 radical (unpaired) electrons. The zero-order valence-electron chi connectivity index (χ0n) is 26.6. The minimum absolute atomic E-state index is 0.0148. The molecule has 0 aliphatic rings. The van der Waals surface area contributed by atoms with E-state index in [0.717, 1.165) is 40.2 Å². The van der Waals surface area contributed by atoms with Crippen molar-refractivity contribution in [1.82, 2.24) is 19.7 Å². The lowest BCUT2D eigenvalue weighted by molar-refractivity contribution is -0.127. The van der Waals surface area contributed by atoms with Crippen molar-refractivity contribution in [3.8, 4) is 17.0 Å². The number of ketones is 1. The van der Waals surface area contributed by atoms with Crippen LogP contribution in [0.4, 0.5) is 11.5 Å². The number of carbonyl (C=O) groups excluding carboxylic acids is 2. The van der Waals surface area contributed by atoms with Crippen molar-refractivity contribution in [3.05, 3.63) is 71.7 Å². The van der Waals surface area contributed by atoms with Gasteiger partial charge in [-0.25, -0.2) is 9.97 Å². The van der Waals surface area contributed by atoms with E-state index in [9.17, 15) is 9.59 Å². The van der Waals surface area contributed by atoms with E-state index >= 15 is 0 Å². The van der Waals surface area contributed by atoms with E-state index in [2.05, 4.69) is 26.7 Å². The number of ether oxygens (including phenoxy) is 3. The van der Waals surface area contributed by atoms with E-state index in [1.807, 2.05) is 61.8 Å². The Labute approximate surface area is 264 Å². The van der Waals surface area contributed by atoms with Crippen molar-refractivity contribution in [2.24, 2.45) is 11.7 Å². The summed E-state index contributed by atoms with van der Waals surface area (Å²) in [6.45, 7) is 8.24. The summed E-state index contributed by atoms with van der Waals surface area (Å²) >= 11 is 0. The van der Waals surface area contributed by atoms with Crippen LogP contribution >= 0.6 is 0 Å². The van der Waals surface area contributed by atoms with Crippen molar-refractivity contribution in [1.29, 1.82) is 0 Å². The first-order valence-corrected chi connectivity index (χ1v) is 15.4. The molecule has 4 rings (SSSR count). The molecule has 0 spiro atoms. The number of aromatic nitrogens is 3. The second kappa shape index (κ2) is 16.7. The number of benzene rings is 2.